The van der Waals surface area contributed by atoms with Crippen LogP contribution in [0, 0.1) is 0 Å². The Morgan fingerprint density at radius 1 is 1.37 bits per heavy atom. The van der Waals surface area contributed by atoms with Gasteiger partial charge >= 0.3 is 5.97 Å². The van der Waals surface area contributed by atoms with Crippen LogP contribution in [-0.4, -0.2) is 42.5 Å². The molecule has 0 saturated carbocycles. The molecule has 1 aromatic carbocycles. The molecule has 1 aromatic rings. The zero-order valence-electron chi connectivity index (χ0n) is 11.1. The maximum absolute atomic E-state index is 10.8. The number of aliphatic hydroxyl groups is 1. The summed E-state index contributed by atoms with van der Waals surface area (Å²) in [6.45, 7) is 0.722. The molecule has 1 rings (SSSR count). The Bertz CT molecular complexity index is 378. The van der Waals surface area contributed by atoms with Gasteiger partial charge in [-0.1, -0.05) is 12.1 Å². The van der Waals surface area contributed by atoms with E-state index in [0.29, 0.717) is 19.4 Å². The lowest BCUT2D eigenvalue weighted by Crippen LogP contribution is -2.34. The lowest BCUT2D eigenvalue weighted by Gasteiger charge is -2.17. The minimum atomic E-state index is -0.824. The molecule has 5 heteroatoms. The van der Waals surface area contributed by atoms with Crippen molar-refractivity contribution in [1.82, 2.24) is 5.32 Å². The second-order valence-electron chi connectivity index (χ2n) is 4.38. The molecule has 0 radical (unpaired) electrons. The fourth-order valence-electron chi connectivity index (χ4n) is 1.86. The summed E-state index contributed by atoms with van der Waals surface area (Å²) >= 11 is 0. The lowest BCUT2D eigenvalue weighted by molar-refractivity contribution is -0.137. The van der Waals surface area contributed by atoms with E-state index in [0.717, 1.165) is 11.3 Å². The molecule has 1 unspecified atom stereocenters. The first kappa shape index (κ1) is 15.5. The van der Waals surface area contributed by atoms with E-state index in [9.17, 15) is 4.79 Å². The normalized spacial score (nSPS) is 12.1. The molecule has 1 atom stereocenters. The van der Waals surface area contributed by atoms with Crippen LogP contribution in [0.1, 0.15) is 18.4 Å². The molecule has 19 heavy (non-hydrogen) atoms. The number of hydrogen-bond acceptors (Lipinski definition) is 4. The molecule has 5 nitrogen and oxygen atoms in total. The highest BCUT2D eigenvalue weighted by Gasteiger charge is 2.13. The van der Waals surface area contributed by atoms with Crippen LogP contribution >= 0.6 is 0 Å². The van der Waals surface area contributed by atoms with Crippen molar-refractivity contribution in [2.45, 2.75) is 25.3 Å². The number of aliphatic hydroxyl groups excluding tert-OH is 1. The molecule has 0 aliphatic rings. The van der Waals surface area contributed by atoms with E-state index in [-0.39, 0.29) is 19.1 Å². The van der Waals surface area contributed by atoms with Gasteiger partial charge in [0.25, 0.3) is 0 Å². The summed E-state index contributed by atoms with van der Waals surface area (Å²) in [5, 5.41) is 20.8. The van der Waals surface area contributed by atoms with Gasteiger partial charge in [-0.25, -0.2) is 0 Å². The highest BCUT2D eigenvalue weighted by Crippen LogP contribution is 2.13. The van der Waals surface area contributed by atoms with Gasteiger partial charge in [-0.3, -0.25) is 4.79 Å². The van der Waals surface area contributed by atoms with Gasteiger partial charge in [0.1, 0.15) is 5.75 Å². The predicted octanol–water partition coefficient (Wildman–Crippen LogP) is 1.05. The smallest absolute Gasteiger partial charge is 0.304 e. The van der Waals surface area contributed by atoms with Gasteiger partial charge in [0.15, 0.2) is 0 Å². The van der Waals surface area contributed by atoms with Crippen LogP contribution in [0.5, 0.6) is 5.75 Å². The summed E-state index contributed by atoms with van der Waals surface area (Å²) in [6.07, 6.45) is 1.33. The number of carboxylic acids is 1. The second-order valence-corrected chi connectivity index (χ2v) is 4.38. The molecule has 3 N–H and O–H groups in total. The fraction of sp³-hybridized carbons (Fsp3) is 0.500. The van der Waals surface area contributed by atoms with Gasteiger partial charge in [-0.2, -0.15) is 0 Å². The molecule has 0 amide bonds. The highest BCUT2D eigenvalue weighted by molar-refractivity contribution is 5.67. The van der Waals surface area contributed by atoms with E-state index < -0.39 is 5.97 Å². The van der Waals surface area contributed by atoms with E-state index in [1.165, 1.54) is 0 Å². The molecule has 0 spiro atoms. The molecule has 0 bridgehead atoms. The van der Waals surface area contributed by atoms with Crippen LogP contribution in [0.15, 0.2) is 24.3 Å². The number of rotatable bonds is 9. The Hall–Kier alpha value is -1.59. The molecule has 0 aliphatic carbocycles. The number of ether oxygens (including phenoxy) is 1. The molecule has 0 aromatic heterocycles. The van der Waals surface area contributed by atoms with Gasteiger partial charge in [0, 0.05) is 12.6 Å². The lowest BCUT2D eigenvalue weighted by atomic mass is 10.0. The number of nitrogens with one attached hydrogen (secondary N) is 1. The van der Waals surface area contributed by atoms with Crippen molar-refractivity contribution in [2.24, 2.45) is 0 Å². The quantitative estimate of drug-likeness (QED) is 0.583. The number of methoxy groups -OCH3 is 1. The van der Waals surface area contributed by atoms with Crippen molar-refractivity contribution < 1.29 is 19.7 Å². The molecule has 0 heterocycles. The van der Waals surface area contributed by atoms with E-state index in [2.05, 4.69) is 5.32 Å². The van der Waals surface area contributed by atoms with Crippen LogP contribution in [0.2, 0.25) is 0 Å². The van der Waals surface area contributed by atoms with Crippen molar-refractivity contribution in [3.63, 3.8) is 0 Å². The topological polar surface area (TPSA) is 78.8 Å². The van der Waals surface area contributed by atoms with Gasteiger partial charge in [-0.05, 0) is 37.1 Å². The number of benzene rings is 1. The molecule has 106 valence electrons. The molecule has 0 saturated heterocycles. The predicted molar refractivity (Wildman–Crippen MR) is 72.4 cm³/mol. The Kier molecular flexibility index (Phi) is 6.92. The van der Waals surface area contributed by atoms with E-state index in [1.807, 2.05) is 24.3 Å². The second kappa shape index (κ2) is 8.50. The first-order valence-corrected chi connectivity index (χ1v) is 6.34. The third-order valence-electron chi connectivity index (χ3n) is 2.83. The summed E-state index contributed by atoms with van der Waals surface area (Å²) in [6, 6.07) is 7.46. The number of carboxylic acid groups (broad SMARTS) is 1. The minimum absolute atomic E-state index is 0.0669. The summed E-state index contributed by atoms with van der Waals surface area (Å²) in [7, 11) is 1.61. The van der Waals surface area contributed by atoms with Gasteiger partial charge in [0.2, 0.25) is 0 Å². The summed E-state index contributed by atoms with van der Waals surface area (Å²) in [4.78, 5) is 10.8. The Morgan fingerprint density at radius 2 is 2.05 bits per heavy atom. The monoisotopic (exact) mass is 267 g/mol. The maximum atomic E-state index is 10.8. The number of hydrogen-bond donors (Lipinski definition) is 3. The molecule has 0 aliphatic heterocycles. The van der Waals surface area contributed by atoms with E-state index in [4.69, 9.17) is 14.9 Å². The third-order valence-corrected chi connectivity index (χ3v) is 2.83. The summed E-state index contributed by atoms with van der Waals surface area (Å²) in [5.74, 6) is -0.0400. The highest BCUT2D eigenvalue weighted by atomic mass is 16.5. The van der Waals surface area contributed by atoms with Crippen molar-refractivity contribution in [3.05, 3.63) is 29.8 Å². The zero-order chi connectivity index (χ0) is 14.1. The number of aliphatic carboxylic acids is 1. The first-order valence-electron chi connectivity index (χ1n) is 6.34. The Balaban J connectivity index is 2.55. The standard InChI is InChI=1S/C14H21NO4/c1-19-13-5-3-11(4-6-13)9-12(10-14(17)18)15-7-2-8-16/h3-6,12,15-16H,2,7-10H2,1H3,(H,17,18). The van der Waals surface area contributed by atoms with Crippen molar-refractivity contribution >= 4 is 5.97 Å². The Morgan fingerprint density at radius 3 is 2.58 bits per heavy atom. The average molecular weight is 267 g/mol. The largest absolute Gasteiger partial charge is 0.497 e. The molecule has 0 fully saturated rings. The zero-order valence-corrected chi connectivity index (χ0v) is 11.1. The van der Waals surface area contributed by atoms with Crippen LogP contribution < -0.4 is 10.1 Å². The molecular weight excluding hydrogens is 246 g/mol. The van der Waals surface area contributed by atoms with Crippen LogP contribution in [-0.2, 0) is 11.2 Å². The van der Waals surface area contributed by atoms with Crippen LogP contribution in [0.3, 0.4) is 0 Å². The van der Waals surface area contributed by atoms with Crippen LogP contribution in [0.25, 0.3) is 0 Å². The summed E-state index contributed by atoms with van der Waals surface area (Å²) in [5.41, 5.74) is 1.06. The minimum Gasteiger partial charge on any atom is -0.497 e. The summed E-state index contributed by atoms with van der Waals surface area (Å²) < 4.78 is 5.08. The van der Waals surface area contributed by atoms with E-state index in [1.54, 1.807) is 7.11 Å². The third kappa shape index (κ3) is 6.22. The SMILES string of the molecule is COc1ccc(CC(CC(=O)O)NCCCO)cc1. The van der Waals surface area contributed by atoms with Crippen molar-refractivity contribution in [2.75, 3.05) is 20.3 Å². The average Bonchev–Trinajstić information content (AvgIpc) is 2.39. The number of carbonyl (C=O) groups is 1. The van der Waals surface area contributed by atoms with Crippen molar-refractivity contribution in [3.8, 4) is 5.75 Å². The first-order chi connectivity index (χ1) is 9.15. The van der Waals surface area contributed by atoms with Gasteiger partial charge < -0.3 is 20.3 Å². The Labute approximate surface area is 113 Å². The maximum Gasteiger partial charge on any atom is 0.304 e. The molecular formula is C14H21NO4. The fourth-order valence-corrected chi connectivity index (χ4v) is 1.86. The van der Waals surface area contributed by atoms with Crippen LogP contribution in [0.4, 0.5) is 0 Å². The van der Waals surface area contributed by atoms with Crippen molar-refractivity contribution in [1.29, 1.82) is 0 Å². The van der Waals surface area contributed by atoms with Gasteiger partial charge in [-0.15, -0.1) is 0 Å². The van der Waals surface area contributed by atoms with E-state index >= 15 is 0 Å². The van der Waals surface area contributed by atoms with Gasteiger partial charge in [0.05, 0.1) is 13.5 Å².